The van der Waals surface area contributed by atoms with Gasteiger partial charge < -0.3 is 5.32 Å². The Kier molecular flexibility index (Phi) is 2.63. The third kappa shape index (κ3) is 1.90. The van der Waals surface area contributed by atoms with Crippen LogP contribution in [-0.2, 0) is 13.6 Å². The fourth-order valence-corrected chi connectivity index (χ4v) is 2.65. The van der Waals surface area contributed by atoms with Crippen molar-refractivity contribution < 1.29 is 0 Å². The summed E-state index contributed by atoms with van der Waals surface area (Å²) in [6.45, 7) is 5.24. The topological polar surface area (TPSA) is 42.7 Å². The Morgan fingerprint density at radius 3 is 2.89 bits per heavy atom. The molecule has 1 saturated carbocycles. The largest absolute Gasteiger partial charge is 0.307 e. The van der Waals surface area contributed by atoms with Crippen molar-refractivity contribution in [1.82, 2.24) is 20.1 Å². The number of nitrogens with one attached hydrogen (secondary N) is 1. The lowest BCUT2D eigenvalue weighted by molar-refractivity contribution is 0.207. The highest BCUT2D eigenvalue weighted by atomic mass is 15.3. The van der Waals surface area contributed by atoms with Gasteiger partial charge in [-0.05, 0) is 44.7 Å². The first kappa shape index (κ1) is 11.7. The maximum absolute atomic E-state index is 4.51. The molecule has 0 aromatic carbocycles. The second-order valence-electron chi connectivity index (χ2n) is 5.69. The van der Waals surface area contributed by atoms with E-state index in [1.807, 2.05) is 24.9 Å². The van der Waals surface area contributed by atoms with E-state index < -0.39 is 0 Å². The molecule has 0 bridgehead atoms. The maximum atomic E-state index is 4.51. The first-order valence-corrected chi connectivity index (χ1v) is 6.61. The highest BCUT2D eigenvalue weighted by molar-refractivity contribution is 5.78. The third-order valence-electron chi connectivity index (χ3n) is 4.10. The molecule has 0 saturated heterocycles. The summed E-state index contributed by atoms with van der Waals surface area (Å²) in [6.07, 6.45) is 5.88. The van der Waals surface area contributed by atoms with E-state index in [9.17, 15) is 0 Å². The fourth-order valence-electron chi connectivity index (χ4n) is 2.65. The molecule has 2 aromatic heterocycles. The number of hydrogen-bond donors (Lipinski definition) is 1. The van der Waals surface area contributed by atoms with Gasteiger partial charge in [0.15, 0.2) is 5.65 Å². The molecule has 18 heavy (non-hydrogen) atoms. The van der Waals surface area contributed by atoms with E-state index >= 15 is 0 Å². The van der Waals surface area contributed by atoms with Crippen molar-refractivity contribution in [2.75, 3.05) is 0 Å². The molecule has 1 aliphatic carbocycles. The van der Waals surface area contributed by atoms with Gasteiger partial charge in [0.1, 0.15) is 0 Å². The quantitative estimate of drug-likeness (QED) is 0.901. The first-order chi connectivity index (χ1) is 8.57. The van der Waals surface area contributed by atoms with Crippen LogP contribution in [-0.4, -0.2) is 20.3 Å². The van der Waals surface area contributed by atoms with Gasteiger partial charge >= 0.3 is 0 Å². The van der Waals surface area contributed by atoms with Crippen LogP contribution in [0.3, 0.4) is 0 Å². The van der Waals surface area contributed by atoms with Crippen LogP contribution >= 0.6 is 0 Å². The van der Waals surface area contributed by atoms with Crippen LogP contribution in [0, 0.1) is 6.92 Å². The van der Waals surface area contributed by atoms with Gasteiger partial charge in [-0.15, -0.1) is 0 Å². The number of aromatic nitrogens is 3. The molecule has 0 amide bonds. The number of rotatable bonds is 3. The second kappa shape index (κ2) is 4.05. The molecule has 2 aromatic rings. The zero-order chi connectivity index (χ0) is 12.8. The van der Waals surface area contributed by atoms with Crippen LogP contribution in [0.5, 0.6) is 0 Å². The van der Waals surface area contributed by atoms with E-state index in [0.29, 0.717) is 5.54 Å². The molecule has 4 nitrogen and oxygen atoms in total. The summed E-state index contributed by atoms with van der Waals surface area (Å²) in [5, 5.41) is 9.20. The molecule has 4 heteroatoms. The molecule has 0 spiro atoms. The lowest BCUT2D eigenvalue weighted by atomic mass is 9.78. The zero-order valence-corrected chi connectivity index (χ0v) is 11.3. The number of pyridine rings is 1. The Morgan fingerprint density at radius 2 is 2.22 bits per heavy atom. The molecular formula is C14H20N4. The Morgan fingerprint density at radius 1 is 1.44 bits per heavy atom. The van der Waals surface area contributed by atoms with Gasteiger partial charge in [0, 0.05) is 30.7 Å². The minimum absolute atomic E-state index is 0.346. The number of hydrogen-bond acceptors (Lipinski definition) is 3. The Labute approximate surface area is 107 Å². The standard InChI is InChI=1S/C14H20N4/c1-10-12-7-11(8-15-13(12)18(3)17-10)9-16-14(2)5-4-6-14/h7-8,16H,4-6,9H2,1-3H3. The molecule has 0 unspecified atom stereocenters. The first-order valence-electron chi connectivity index (χ1n) is 6.61. The summed E-state index contributed by atoms with van der Waals surface area (Å²) in [5.74, 6) is 0. The number of fused-ring (bicyclic) bond motifs is 1. The monoisotopic (exact) mass is 244 g/mol. The van der Waals surface area contributed by atoms with Crippen molar-refractivity contribution in [3.05, 3.63) is 23.5 Å². The van der Waals surface area contributed by atoms with Gasteiger partial charge in [0.25, 0.3) is 0 Å². The molecular weight excluding hydrogens is 224 g/mol. The lowest BCUT2D eigenvalue weighted by Crippen LogP contribution is -2.47. The normalized spacial score (nSPS) is 17.9. The molecule has 1 aliphatic rings. The number of aryl methyl sites for hydroxylation is 2. The van der Waals surface area contributed by atoms with Crippen molar-refractivity contribution in [3.63, 3.8) is 0 Å². The van der Waals surface area contributed by atoms with Crippen LogP contribution in [0.15, 0.2) is 12.3 Å². The van der Waals surface area contributed by atoms with Crippen LogP contribution in [0.2, 0.25) is 0 Å². The van der Waals surface area contributed by atoms with Gasteiger partial charge in [-0.25, -0.2) is 4.98 Å². The van der Waals surface area contributed by atoms with Crippen molar-refractivity contribution in [3.8, 4) is 0 Å². The van der Waals surface area contributed by atoms with Crippen LogP contribution < -0.4 is 5.32 Å². The van der Waals surface area contributed by atoms with Gasteiger partial charge in [-0.2, -0.15) is 5.10 Å². The predicted octanol–water partition coefficient (Wildman–Crippen LogP) is 2.31. The molecule has 1 fully saturated rings. The van der Waals surface area contributed by atoms with E-state index in [4.69, 9.17) is 0 Å². The Hall–Kier alpha value is -1.42. The van der Waals surface area contributed by atoms with E-state index in [0.717, 1.165) is 23.3 Å². The van der Waals surface area contributed by atoms with E-state index in [1.165, 1.54) is 24.8 Å². The molecule has 0 aliphatic heterocycles. The average molecular weight is 244 g/mol. The van der Waals surface area contributed by atoms with Crippen LogP contribution in [0.25, 0.3) is 11.0 Å². The molecule has 96 valence electrons. The SMILES string of the molecule is Cc1nn(C)c2ncc(CNC3(C)CCC3)cc12. The van der Waals surface area contributed by atoms with E-state index in [1.54, 1.807) is 0 Å². The highest BCUT2D eigenvalue weighted by Gasteiger charge is 2.30. The van der Waals surface area contributed by atoms with Crippen molar-refractivity contribution in [2.24, 2.45) is 7.05 Å². The molecule has 3 rings (SSSR count). The second-order valence-corrected chi connectivity index (χ2v) is 5.69. The maximum Gasteiger partial charge on any atom is 0.157 e. The average Bonchev–Trinajstić information content (AvgIpc) is 2.60. The number of nitrogens with zero attached hydrogens (tertiary/aromatic N) is 3. The van der Waals surface area contributed by atoms with Crippen molar-refractivity contribution in [2.45, 2.75) is 45.2 Å². The summed E-state index contributed by atoms with van der Waals surface area (Å²) in [5.41, 5.74) is 3.61. The molecule has 2 heterocycles. The summed E-state index contributed by atoms with van der Waals surface area (Å²) in [6, 6.07) is 2.21. The minimum Gasteiger partial charge on any atom is -0.307 e. The molecule has 0 radical (unpaired) electrons. The Balaban J connectivity index is 1.82. The summed E-state index contributed by atoms with van der Waals surface area (Å²) in [4.78, 5) is 4.51. The van der Waals surface area contributed by atoms with Crippen LogP contribution in [0.4, 0.5) is 0 Å². The van der Waals surface area contributed by atoms with Gasteiger partial charge in [-0.3, -0.25) is 4.68 Å². The summed E-state index contributed by atoms with van der Waals surface area (Å²) in [7, 11) is 1.94. The van der Waals surface area contributed by atoms with Crippen molar-refractivity contribution >= 4 is 11.0 Å². The lowest BCUT2D eigenvalue weighted by Gasteiger charge is -2.39. The van der Waals surface area contributed by atoms with Gasteiger partial charge in [0.2, 0.25) is 0 Å². The highest BCUT2D eigenvalue weighted by Crippen LogP contribution is 2.31. The smallest absolute Gasteiger partial charge is 0.157 e. The summed E-state index contributed by atoms with van der Waals surface area (Å²) >= 11 is 0. The molecule has 0 atom stereocenters. The van der Waals surface area contributed by atoms with Crippen molar-refractivity contribution in [1.29, 1.82) is 0 Å². The van der Waals surface area contributed by atoms with E-state index in [2.05, 4.69) is 28.4 Å². The van der Waals surface area contributed by atoms with E-state index in [-0.39, 0.29) is 0 Å². The molecule has 1 N–H and O–H groups in total. The predicted molar refractivity (Wildman–Crippen MR) is 72.3 cm³/mol. The minimum atomic E-state index is 0.346. The fraction of sp³-hybridized carbons (Fsp3) is 0.571. The Bertz CT molecular complexity index is 581. The van der Waals surface area contributed by atoms with Crippen LogP contribution in [0.1, 0.15) is 37.4 Å². The van der Waals surface area contributed by atoms with Gasteiger partial charge in [0.05, 0.1) is 5.69 Å². The summed E-state index contributed by atoms with van der Waals surface area (Å²) < 4.78 is 1.84. The third-order valence-corrected chi connectivity index (χ3v) is 4.10. The van der Waals surface area contributed by atoms with Gasteiger partial charge in [-0.1, -0.05) is 0 Å². The zero-order valence-electron chi connectivity index (χ0n) is 11.3.